The summed E-state index contributed by atoms with van der Waals surface area (Å²) in [6, 6.07) is 1.80. The first-order chi connectivity index (χ1) is 6.83. The van der Waals surface area contributed by atoms with Gasteiger partial charge in [-0.05, 0) is 12.8 Å². The second-order valence-electron chi connectivity index (χ2n) is 3.14. The van der Waals surface area contributed by atoms with Crippen LogP contribution in [0.5, 0.6) is 0 Å². The van der Waals surface area contributed by atoms with Gasteiger partial charge in [0.2, 0.25) is 0 Å². The molecule has 2 heterocycles. The molecule has 14 heavy (non-hydrogen) atoms. The molecule has 1 unspecified atom stereocenters. The minimum Gasteiger partial charge on any atom is -0.321 e. The van der Waals surface area contributed by atoms with E-state index in [-0.39, 0.29) is 17.6 Å². The summed E-state index contributed by atoms with van der Waals surface area (Å²) in [5.41, 5.74) is 0.271. The molecule has 1 fully saturated rings. The van der Waals surface area contributed by atoms with E-state index < -0.39 is 0 Å². The van der Waals surface area contributed by atoms with Crippen LogP contribution in [-0.4, -0.2) is 38.8 Å². The molecule has 1 amide bonds. The average Bonchev–Trinajstić information content (AvgIpc) is 2.87. The molecule has 1 saturated heterocycles. The van der Waals surface area contributed by atoms with Gasteiger partial charge >= 0.3 is 0 Å². The summed E-state index contributed by atoms with van der Waals surface area (Å²) < 4.78 is 0. The van der Waals surface area contributed by atoms with Crippen LogP contribution < -0.4 is 0 Å². The van der Waals surface area contributed by atoms with Crippen molar-refractivity contribution in [1.29, 1.82) is 5.26 Å². The summed E-state index contributed by atoms with van der Waals surface area (Å²) in [6.07, 6.45) is 3.00. The Kier molecular flexibility index (Phi) is 2.14. The predicted molar refractivity (Wildman–Crippen MR) is 46.1 cm³/mol. The highest BCUT2D eigenvalue weighted by atomic mass is 16.2. The van der Waals surface area contributed by atoms with Crippen LogP contribution >= 0.6 is 0 Å². The third kappa shape index (κ3) is 1.33. The van der Waals surface area contributed by atoms with E-state index in [1.807, 2.05) is 0 Å². The molecule has 0 bridgehead atoms. The summed E-state index contributed by atoms with van der Waals surface area (Å²) >= 11 is 0. The molecule has 72 valence electrons. The summed E-state index contributed by atoms with van der Waals surface area (Å²) in [5, 5.41) is 18.4. The molecule has 1 N–H and O–H groups in total. The second-order valence-corrected chi connectivity index (χ2v) is 3.14. The number of hydrogen-bond donors (Lipinski definition) is 1. The van der Waals surface area contributed by atoms with Crippen LogP contribution in [0.3, 0.4) is 0 Å². The molecule has 0 aromatic carbocycles. The minimum atomic E-state index is -0.306. The molecule has 2 rings (SSSR count). The molecule has 0 saturated carbocycles. The molecule has 6 heteroatoms. The third-order valence-electron chi connectivity index (χ3n) is 2.30. The van der Waals surface area contributed by atoms with Crippen molar-refractivity contribution in [3.63, 3.8) is 0 Å². The molecule has 6 nitrogen and oxygen atoms in total. The number of aromatic amines is 1. The molecule has 0 spiro atoms. The topological polar surface area (TPSA) is 85.7 Å². The standard InChI is InChI=1S/C8H9N5O/c9-4-6-2-1-3-13(6)8(14)7-5-10-12-11-7/h5-6H,1-3H2,(H,10,11,12). The van der Waals surface area contributed by atoms with Gasteiger partial charge in [0.05, 0.1) is 12.3 Å². The number of H-pyrrole nitrogens is 1. The molecular weight excluding hydrogens is 182 g/mol. The van der Waals surface area contributed by atoms with Crippen LogP contribution in [0.2, 0.25) is 0 Å². The number of likely N-dealkylation sites (tertiary alicyclic amines) is 1. The summed E-state index contributed by atoms with van der Waals surface area (Å²) in [6.45, 7) is 0.629. The predicted octanol–water partition coefficient (Wildman–Crippen LogP) is -0.0671. The van der Waals surface area contributed by atoms with Crippen molar-refractivity contribution >= 4 is 5.91 Å². The van der Waals surface area contributed by atoms with E-state index in [0.717, 1.165) is 12.8 Å². The molecule has 1 atom stereocenters. The Hall–Kier alpha value is -1.90. The van der Waals surface area contributed by atoms with Gasteiger partial charge in [0.15, 0.2) is 5.69 Å². The zero-order chi connectivity index (χ0) is 9.97. The fraction of sp³-hybridized carbons (Fsp3) is 0.500. The van der Waals surface area contributed by atoms with Crippen molar-refractivity contribution in [3.8, 4) is 6.07 Å². The summed E-state index contributed by atoms with van der Waals surface area (Å²) in [4.78, 5) is 13.3. The zero-order valence-electron chi connectivity index (χ0n) is 7.47. The number of aromatic nitrogens is 3. The highest BCUT2D eigenvalue weighted by Gasteiger charge is 2.30. The highest BCUT2D eigenvalue weighted by Crippen LogP contribution is 2.18. The molecule has 1 aromatic heterocycles. The number of carbonyl (C=O) groups excluding carboxylic acids is 1. The Bertz CT molecular complexity index is 366. The maximum absolute atomic E-state index is 11.7. The maximum atomic E-state index is 11.7. The number of amides is 1. The van der Waals surface area contributed by atoms with Crippen molar-refractivity contribution in [2.24, 2.45) is 0 Å². The first-order valence-corrected chi connectivity index (χ1v) is 4.39. The van der Waals surface area contributed by atoms with Gasteiger partial charge < -0.3 is 4.90 Å². The van der Waals surface area contributed by atoms with Crippen molar-refractivity contribution in [1.82, 2.24) is 20.3 Å². The van der Waals surface area contributed by atoms with Crippen molar-refractivity contribution < 1.29 is 4.79 Å². The number of nitrogens with one attached hydrogen (secondary N) is 1. The summed E-state index contributed by atoms with van der Waals surface area (Å²) in [5.74, 6) is -0.220. The Morgan fingerprint density at radius 2 is 2.64 bits per heavy atom. The SMILES string of the molecule is N#CC1CCCN1C(=O)c1cn[nH]n1. The lowest BCUT2D eigenvalue weighted by Crippen LogP contribution is -2.34. The first kappa shape index (κ1) is 8.69. The number of rotatable bonds is 1. The van der Waals surface area contributed by atoms with Gasteiger partial charge in [-0.25, -0.2) is 0 Å². The van der Waals surface area contributed by atoms with Crippen LogP contribution in [0.15, 0.2) is 6.20 Å². The largest absolute Gasteiger partial charge is 0.321 e. The second kappa shape index (κ2) is 3.46. The van der Waals surface area contributed by atoms with E-state index in [0.29, 0.717) is 6.54 Å². The molecule has 0 aliphatic carbocycles. The van der Waals surface area contributed by atoms with Gasteiger partial charge in [0, 0.05) is 6.54 Å². The molecular formula is C8H9N5O. The summed E-state index contributed by atoms with van der Waals surface area (Å²) in [7, 11) is 0. The Labute approximate surface area is 80.5 Å². The van der Waals surface area contributed by atoms with Crippen LogP contribution in [0, 0.1) is 11.3 Å². The van der Waals surface area contributed by atoms with E-state index in [9.17, 15) is 4.79 Å². The van der Waals surface area contributed by atoms with Crippen LogP contribution in [0.1, 0.15) is 23.3 Å². The normalized spacial score (nSPS) is 20.8. The lowest BCUT2D eigenvalue weighted by Gasteiger charge is -2.17. The monoisotopic (exact) mass is 191 g/mol. The zero-order valence-corrected chi connectivity index (χ0v) is 7.47. The van der Waals surface area contributed by atoms with E-state index in [2.05, 4.69) is 21.5 Å². The number of hydrogen-bond acceptors (Lipinski definition) is 4. The van der Waals surface area contributed by atoms with Crippen molar-refractivity contribution in [2.45, 2.75) is 18.9 Å². The van der Waals surface area contributed by atoms with Gasteiger partial charge in [-0.2, -0.15) is 20.7 Å². The van der Waals surface area contributed by atoms with Crippen LogP contribution in [0.4, 0.5) is 0 Å². The minimum absolute atomic E-state index is 0.220. The van der Waals surface area contributed by atoms with E-state index >= 15 is 0 Å². The Balaban J connectivity index is 2.16. The fourth-order valence-corrected chi connectivity index (χ4v) is 1.60. The van der Waals surface area contributed by atoms with Gasteiger partial charge in [0.1, 0.15) is 6.04 Å². The van der Waals surface area contributed by atoms with Gasteiger partial charge in [0.25, 0.3) is 5.91 Å². The van der Waals surface area contributed by atoms with Crippen molar-refractivity contribution in [3.05, 3.63) is 11.9 Å². The number of nitriles is 1. The first-order valence-electron chi connectivity index (χ1n) is 4.39. The highest BCUT2D eigenvalue weighted by molar-refractivity contribution is 5.92. The van der Waals surface area contributed by atoms with E-state index in [1.54, 1.807) is 0 Å². The van der Waals surface area contributed by atoms with E-state index in [4.69, 9.17) is 5.26 Å². The molecule has 1 aliphatic rings. The molecule has 1 aliphatic heterocycles. The fourth-order valence-electron chi connectivity index (χ4n) is 1.60. The third-order valence-corrected chi connectivity index (χ3v) is 2.30. The van der Waals surface area contributed by atoms with Crippen LogP contribution in [-0.2, 0) is 0 Å². The van der Waals surface area contributed by atoms with Gasteiger partial charge in [-0.1, -0.05) is 0 Å². The number of carbonyl (C=O) groups is 1. The average molecular weight is 191 g/mol. The smallest absolute Gasteiger partial charge is 0.277 e. The quantitative estimate of drug-likeness (QED) is 0.673. The Morgan fingerprint density at radius 1 is 1.79 bits per heavy atom. The molecule has 0 radical (unpaired) electrons. The lowest BCUT2D eigenvalue weighted by molar-refractivity contribution is 0.0759. The van der Waals surface area contributed by atoms with Gasteiger partial charge in [-0.3, -0.25) is 4.79 Å². The Morgan fingerprint density at radius 3 is 3.29 bits per heavy atom. The maximum Gasteiger partial charge on any atom is 0.277 e. The van der Waals surface area contributed by atoms with Crippen molar-refractivity contribution in [2.75, 3.05) is 6.54 Å². The molecule has 1 aromatic rings. The number of nitrogens with zero attached hydrogens (tertiary/aromatic N) is 4. The van der Waals surface area contributed by atoms with Crippen LogP contribution in [0.25, 0.3) is 0 Å². The van der Waals surface area contributed by atoms with Gasteiger partial charge in [-0.15, -0.1) is 0 Å². The lowest BCUT2D eigenvalue weighted by atomic mass is 10.2. The van der Waals surface area contributed by atoms with E-state index in [1.165, 1.54) is 11.1 Å².